The van der Waals surface area contributed by atoms with Gasteiger partial charge in [-0.2, -0.15) is 0 Å². The molecule has 0 N–H and O–H groups in total. The van der Waals surface area contributed by atoms with E-state index in [0.29, 0.717) is 10.3 Å². The van der Waals surface area contributed by atoms with Crippen LogP contribution in [0.2, 0.25) is 0 Å². The minimum Gasteiger partial charge on any atom is -0.0921 e. The van der Waals surface area contributed by atoms with Crippen LogP contribution in [0.5, 0.6) is 0 Å². The summed E-state index contributed by atoms with van der Waals surface area (Å²) in [5.41, 5.74) is 1.02. The molecule has 21 heavy (non-hydrogen) atoms. The van der Waals surface area contributed by atoms with Crippen molar-refractivity contribution in [3.05, 3.63) is 0 Å². The summed E-state index contributed by atoms with van der Waals surface area (Å²) in [7, 11) is 0.0539. The first kappa shape index (κ1) is 17.8. The molecule has 0 aliphatic heterocycles. The van der Waals surface area contributed by atoms with Gasteiger partial charge in [0, 0.05) is 0 Å². The molecular formula is C20H39P. The third-order valence-electron chi connectivity index (χ3n) is 6.25. The van der Waals surface area contributed by atoms with Gasteiger partial charge in [-0.3, -0.25) is 0 Å². The molecule has 0 nitrogen and oxygen atoms in total. The van der Waals surface area contributed by atoms with E-state index in [1.165, 1.54) is 12.8 Å². The van der Waals surface area contributed by atoms with E-state index in [9.17, 15) is 0 Å². The summed E-state index contributed by atoms with van der Waals surface area (Å²) in [5.74, 6) is 4.88. The second-order valence-corrected chi connectivity index (χ2v) is 14.4. The zero-order valence-corrected chi connectivity index (χ0v) is 16.9. The molecule has 0 spiro atoms. The molecule has 0 saturated heterocycles. The molecule has 0 aromatic carbocycles. The molecule has 1 heteroatoms. The fraction of sp³-hybridized carbons (Fsp3) is 1.00. The van der Waals surface area contributed by atoms with E-state index in [2.05, 4.69) is 62.3 Å². The Morgan fingerprint density at radius 3 is 1.81 bits per heavy atom. The van der Waals surface area contributed by atoms with Gasteiger partial charge in [-0.05, 0) is 64.8 Å². The number of hydrogen-bond donors (Lipinski definition) is 0. The molecule has 0 aromatic rings. The molecule has 2 rings (SSSR count). The van der Waals surface area contributed by atoms with Crippen molar-refractivity contribution in [1.82, 2.24) is 0 Å². The summed E-state index contributed by atoms with van der Waals surface area (Å²) in [6, 6.07) is 0. The maximum Gasteiger partial charge on any atom is -0.0166 e. The smallest absolute Gasteiger partial charge is 0.0166 e. The maximum atomic E-state index is 2.54. The van der Waals surface area contributed by atoms with Crippen LogP contribution in [0.15, 0.2) is 0 Å². The average molecular weight is 311 g/mol. The minimum absolute atomic E-state index is 0.0539. The first-order chi connectivity index (χ1) is 9.43. The summed E-state index contributed by atoms with van der Waals surface area (Å²) in [6.07, 6.45) is 4.58. The van der Waals surface area contributed by atoms with Gasteiger partial charge in [0.05, 0.1) is 0 Å². The summed E-state index contributed by atoms with van der Waals surface area (Å²) in [4.78, 5) is 0. The van der Waals surface area contributed by atoms with Gasteiger partial charge in [0.15, 0.2) is 0 Å². The quantitative estimate of drug-likeness (QED) is 0.493. The largest absolute Gasteiger partial charge is 0.0921 e. The molecule has 5 atom stereocenters. The average Bonchev–Trinajstić information content (AvgIpc) is 2.60. The molecule has 0 aromatic heterocycles. The molecular weight excluding hydrogens is 271 g/mol. The second-order valence-electron chi connectivity index (χ2n) is 10.3. The summed E-state index contributed by atoms with van der Waals surface area (Å²) < 4.78 is 0. The molecule has 2 bridgehead atoms. The fourth-order valence-electron chi connectivity index (χ4n) is 5.87. The van der Waals surface area contributed by atoms with Crippen molar-refractivity contribution in [2.24, 2.45) is 29.6 Å². The Morgan fingerprint density at radius 1 is 0.857 bits per heavy atom. The van der Waals surface area contributed by atoms with Crippen LogP contribution in [-0.4, -0.2) is 16.0 Å². The highest BCUT2D eigenvalue weighted by atomic mass is 31.1. The summed E-state index contributed by atoms with van der Waals surface area (Å²) in [5, 5.41) is 0.973. The maximum absolute atomic E-state index is 2.54. The molecule has 0 heterocycles. The van der Waals surface area contributed by atoms with Gasteiger partial charge in [0.25, 0.3) is 0 Å². The van der Waals surface area contributed by atoms with Crippen molar-refractivity contribution >= 4 is 7.92 Å². The van der Waals surface area contributed by atoms with Crippen molar-refractivity contribution in [1.29, 1.82) is 0 Å². The van der Waals surface area contributed by atoms with E-state index < -0.39 is 0 Å². The molecule has 2 aliphatic carbocycles. The van der Waals surface area contributed by atoms with Gasteiger partial charge >= 0.3 is 0 Å². The number of rotatable bonds is 2. The van der Waals surface area contributed by atoms with Crippen LogP contribution in [0, 0.1) is 29.6 Å². The summed E-state index contributed by atoms with van der Waals surface area (Å²) >= 11 is 0. The van der Waals surface area contributed by atoms with Crippen molar-refractivity contribution < 1.29 is 0 Å². The van der Waals surface area contributed by atoms with Crippen LogP contribution in [0.1, 0.15) is 81.6 Å². The lowest BCUT2D eigenvalue weighted by Crippen LogP contribution is -2.36. The van der Waals surface area contributed by atoms with E-state index in [-0.39, 0.29) is 7.92 Å². The molecule has 124 valence electrons. The van der Waals surface area contributed by atoms with E-state index >= 15 is 0 Å². The molecule has 0 radical (unpaired) electrons. The second kappa shape index (κ2) is 5.81. The van der Waals surface area contributed by atoms with Gasteiger partial charge in [-0.25, -0.2) is 0 Å². The van der Waals surface area contributed by atoms with Crippen LogP contribution in [0.4, 0.5) is 0 Å². The van der Waals surface area contributed by atoms with Gasteiger partial charge in [0.2, 0.25) is 0 Å². The predicted molar refractivity (Wildman–Crippen MR) is 98.5 cm³/mol. The summed E-state index contributed by atoms with van der Waals surface area (Å²) in [6.45, 7) is 22.6. The number of fused-ring (bicyclic) bond motifs is 2. The fourth-order valence-corrected chi connectivity index (χ4v) is 11.1. The first-order valence-electron chi connectivity index (χ1n) is 9.22. The highest BCUT2D eigenvalue weighted by Gasteiger charge is 2.52. The van der Waals surface area contributed by atoms with Crippen molar-refractivity contribution in [2.75, 3.05) is 0 Å². The standard InChI is InChI=1S/C20H39P/c1-13(2)16-10-14(3)15-11-17(16)18(12-15)21(19(4,5)6)20(7,8)9/h13-18H,10-12H2,1-9H3. The van der Waals surface area contributed by atoms with Crippen LogP contribution in [0.25, 0.3) is 0 Å². The van der Waals surface area contributed by atoms with Crippen LogP contribution in [0.3, 0.4) is 0 Å². The van der Waals surface area contributed by atoms with Crippen molar-refractivity contribution in [2.45, 2.75) is 97.5 Å². The Kier molecular flexibility index (Phi) is 4.92. The Balaban J connectivity index is 2.34. The zero-order chi connectivity index (χ0) is 16.2. The zero-order valence-electron chi connectivity index (χ0n) is 16.0. The van der Waals surface area contributed by atoms with Gasteiger partial charge in [-0.1, -0.05) is 70.2 Å². The van der Waals surface area contributed by atoms with Crippen molar-refractivity contribution in [3.8, 4) is 0 Å². The van der Waals surface area contributed by atoms with Crippen LogP contribution in [-0.2, 0) is 0 Å². The SMILES string of the molecule is CC(C)C1CC(C)C2CC1C(P(C(C)(C)C)C(C)(C)C)C2. The molecule has 2 saturated carbocycles. The van der Waals surface area contributed by atoms with Gasteiger partial charge in [0.1, 0.15) is 0 Å². The van der Waals surface area contributed by atoms with Crippen LogP contribution < -0.4 is 0 Å². The number of hydrogen-bond acceptors (Lipinski definition) is 0. The Morgan fingerprint density at radius 2 is 1.38 bits per heavy atom. The minimum atomic E-state index is 0.0539. The van der Waals surface area contributed by atoms with E-state index in [1.807, 2.05) is 0 Å². The molecule has 5 unspecified atom stereocenters. The monoisotopic (exact) mass is 310 g/mol. The first-order valence-corrected chi connectivity index (χ1v) is 10.6. The lowest BCUT2D eigenvalue weighted by Gasteiger charge is -2.49. The predicted octanol–water partition coefficient (Wildman–Crippen LogP) is 6.77. The third kappa shape index (κ3) is 3.52. The van der Waals surface area contributed by atoms with Gasteiger partial charge < -0.3 is 0 Å². The highest BCUT2D eigenvalue weighted by molar-refractivity contribution is 7.61. The molecule has 0 amide bonds. The topological polar surface area (TPSA) is 0 Å². The lowest BCUT2D eigenvalue weighted by atomic mass is 9.70. The normalized spacial score (nSPS) is 37.6. The van der Waals surface area contributed by atoms with Crippen molar-refractivity contribution in [3.63, 3.8) is 0 Å². The molecule has 2 fully saturated rings. The van der Waals surface area contributed by atoms with Gasteiger partial charge in [-0.15, -0.1) is 0 Å². The Hall–Kier alpha value is 0.430. The lowest BCUT2D eigenvalue weighted by molar-refractivity contribution is 0.143. The van der Waals surface area contributed by atoms with Crippen LogP contribution >= 0.6 is 7.92 Å². The van der Waals surface area contributed by atoms with E-state index in [4.69, 9.17) is 0 Å². The van der Waals surface area contributed by atoms with E-state index in [0.717, 1.165) is 35.2 Å². The Labute approximate surface area is 135 Å². The Bertz CT molecular complexity index is 343. The highest BCUT2D eigenvalue weighted by Crippen LogP contribution is 2.70. The van der Waals surface area contributed by atoms with E-state index in [1.54, 1.807) is 6.42 Å². The third-order valence-corrected chi connectivity index (χ3v) is 10.4. The molecule has 2 aliphatic rings.